The Hall–Kier alpha value is -1.06. The SMILES string of the molecule is CCCC(CO)CC(CC(C)CO)c1ccccc1O. The van der Waals surface area contributed by atoms with Gasteiger partial charge in [-0.1, -0.05) is 38.5 Å². The molecular formula is C17H28O3. The minimum atomic E-state index is 0.154. The van der Waals surface area contributed by atoms with E-state index >= 15 is 0 Å². The molecule has 0 bridgehead atoms. The number of phenolic OH excluding ortho intramolecular Hbond substituents is 1. The van der Waals surface area contributed by atoms with Crippen molar-refractivity contribution < 1.29 is 15.3 Å². The van der Waals surface area contributed by atoms with Gasteiger partial charge in [0.05, 0.1) is 0 Å². The van der Waals surface area contributed by atoms with Gasteiger partial charge in [-0.25, -0.2) is 0 Å². The third-order valence-corrected chi connectivity index (χ3v) is 3.95. The molecule has 0 radical (unpaired) electrons. The summed E-state index contributed by atoms with van der Waals surface area (Å²) in [5.41, 5.74) is 0.933. The topological polar surface area (TPSA) is 60.7 Å². The summed E-state index contributed by atoms with van der Waals surface area (Å²) >= 11 is 0. The molecule has 0 spiro atoms. The van der Waals surface area contributed by atoms with Crippen molar-refractivity contribution in [3.63, 3.8) is 0 Å². The first kappa shape index (κ1) is 17.0. The Balaban J connectivity index is 2.87. The van der Waals surface area contributed by atoms with Crippen LogP contribution in [0.2, 0.25) is 0 Å². The van der Waals surface area contributed by atoms with Crippen LogP contribution < -0.4 is 0 Å². The average molecular weight is 280 g/mol. The Morgan fingerprint density at radius 1 is 1.05 bits per heavy atom. The normalized spacial score (nSPS) is 15.8. The molecular weight excluding hydrogens is 252 g/mol. The highest BCUT2D eigenvalue weighted by Crippen LogP contribution is 2.36. The smallest absolute Gasteiger partial charge is 0.119 e. The molecule has 0 aliphatic carbocycles. The monoisotopic (exact) mass is 280 g/mol. The highest BCUT2D eigenvalue weighted by Gasteiger charge is 2.21. The van der Waals surface area contributed by atoms with Crippen LogP contribution in [0.15, 0.2) is 24.3 Å². The third-order valence-electron chi connectivity index (χ3n) is 3.95. The summed E-state index contributed by atoms with van der Waals surface area (Å²) in [5.74, 6) is 0.953. The van der Waals surface area contributed by atoms with Crippen molar-refractivity contribution in [1.82, 2.24) is 0 Å². The fraction of sp³-hybridized carbons (Fsp3) is 0.647. The lowest BCUT2D eigenvalue weighted by molar-refractivity contribution is 0.185. The molecule has 0 fully saturated rings. The number of phenols is 1. The van der Waals surface area contributed by atoms with Crippen molar-refractivity contribution in [2.45, 2.75) is 45.4 Å². The van der Waals surface area contributed by atoms with Crippen molar-refractivity contribution in [2.24, 2.45) is 11.8 Å². The van der Waals surface area contributed by atoms with Crippen LogP contribution in [-0.2, 0) is 0 Å². The maximum absolute atomic E-state index is 10.1. The summed E-state index contributed by atoms with van der Waals surface area (Å²) in [7, 11) is 0. The van der Waals surface area contributed by atoms with Crippen molar-refractivity contribution in [2.75, 3.05) is 13.2 Å². The van der Waals surface area contributed by atoms with E-state index in [0.29, 0.717) is 5.75 Å². The molecule has 0 aliphatic heterocycles. The summed E-state index contributed by atoms with van der Waals surface area (Å²) in [6.07, 6.45) is 3.73. The lowest BCUT2D eigenvalue weighted by Crippen LogP contribution is -2.15. The molecule has 0 saturated heterocycles. The molecule has 0 amide bonds. The second-order valence-corrected chi connectivity index (χ2v) is 5.85. The number of rotatable bonds is 9. The van der Waals surface area contributed by atoms with Gasteiger partial charge < -0.3 is 15.3 Å². The minimum absolute atomic E-state index is 0.154. The van der Waals surface area contributed by atoms with Gasteiger partial charge in [0.2, 0.25) is 0 Å². The van der Waals surface area contributed by atoms with Gasteiger partial charge in [-0.3, -0.25) is 0 Å². The summed E-state index contributed by atoms with van der Waals surface area (Å²) in [4.78, 5) is 0. The predicted octanol–water partition coefficient (Wildman–Crippen LogP) is 3.29. The van der Waals surface area contributed by atoms with Crippen molar-refractivity contribution in [1.29, 1.82) is 0 Å². The predicted molar refractivity (Wildman–Crippen MR) is 81.8 cm³/mol. The van der Waals surface area contributed by atoms with E-state index in [1.807, 2.05) is 25.1 Å². The van der Waals surface area contributed by atoms with E-state index in [9.17, 15) is 15.3 Å². The number of hydrogen-bond donors (Lipinski definition) is 3. The Kier molecular flexibility index (Phi) is 7.63. The van der Waals surface area contributed by atoms with E-state index in [1.165, 1.54) is 0 Å². The quantitative estimate of drug-likeness (QED) is 0.650. The van der Waals surface area contributed by atoms with Crippen LogP contribution >= 0.6 is 0 Å². The lowest BCUT2D eigenvalue weighted by Gasteiger charge is -2.25. The molecule has 3 unspecified atom stereocenters. The van der Waals surface area contributed by atoms with Crippen LogP contribution in [0.25, 0.3) is 0 Å². The average Bonchev–Trinajstić information content (AvgIpc) is 2.46. The highest BCUT2D eigenvalue weighted by molar-refractivity contribution is 5.35. The first-order chi connectivity index (χ1) is 9.62. The molecule has 114 valence electrons. The van der Waals surface area contributed by atoms with E-state index in [4.69, 9.17) is 0 Å². The minimum Gasteiger partial charge on any atom is -0.508 e. The molecule has 0 saturated carbocycles. The molecule has 3 N–H and O–H groups in total. The molecule has 0 aromatic heterocycles. The first-order valence-corrected chi connectivity index (χ1v) is 7.61. The maximum atomic E-state index is 10.1. The van der Waals surface area contributed by atoms with Gasteiger partial charge in [0.25, 0.3) is 0 Å². The zero-order chi connectivity index (χ0) is 15.0. The van der Waals surface area contributed by atoms with Crippen LogP contribution in [0.3, 0.4) is 0 Å². The van der Waals surface area contributed by atoms with E-state index < -0.39 is 0 Å². The van der Waals surface area contributed by atoms with Gasteiger partial charge in [-0.2, -0.15) is 0 Å². The largest absolute Gasteiger partial charge is 0.508 e. The molecule has 1 rings (SSSR count). The van der Waals surface area contributed by atoms with Crippen molar-refractivity contribution >= 4 is 0 Å². The number of aromatic hydroxyl groups is 1. The zero-order valence-electron chi connectivity index (χ0n) is 12.6. The van der Waals surface area contributed by atoms with Gasteiger partial charge in [0, 0.05) is 13.2 Å². The van der Waals surface area contributed by atoms with Crippen LogP contribution in [0.1, 0.15) is 51.0 Å². The van der Waals surface area contributed by atoms with Gasteiger partial charge in [0.15, 0.2) is 0 Å². The summed E-state index contributed by atoms with van der Waals surface area (Å²) < 4.78 is 0. The fourth-order valence-corrected chi connectivity index (χ4v) is 2.84. The Morgan fingerprint density at radius 3 is 2.30 bits per heavy atom. The molecule has 1 aromatic rings. The lowest BCUT2D eigenvalue weighted by atomic mass is 9.81. The van der Waals surface area contributed by atoms with Gasteiger partial charge >= 0.3 is 0 Å². The number of aliphatic hydroxyl groups excluding tert-OH is 2. The molecule has 3 heteroatoms. The van der Waals surface area contributed by atoms with Crippen LogP contribution in [0.5, 0.6) is 5.75 Å². The highest BCUT2D eigenvalue weighted by atomic mass is 16.3. The van der Waals surface area contributed by atoms with E-state index in [2.05, 4.69) is 6.92 Å². The molecule has 0 heterocycles. The number of para-hydroxylation sites is 1. The molecule has 1 aromatic carbocycles. The van der Waals surface area contributed by atoms with Gasteiger partial charge in [-0.05, 0) is 48.6 Å². The van der Waals surface area contributed by atoms with Crippen LogP contribution in [0, 0.1) is 11.8 Å². The van der Waals surface area contributed by atoms with Gasteiger partial charge in [0.1, 0.15) is 5.75 Å². The zero-order valence-corrected chi connectivity index (χ0v) is 12.6. The van der Waals surface area contributed by atoms with E-state index in [0.717, 1.165) is 31.2 Å². The van der Waals surface area contributed by atoms with E-state index in [1.54, 1.807) is 6.07 Å². The molecule has 20 heavy (non-hydrogen) atoms. The van der Waals surface area contributed by atoms with Crippen molar-refractivity contribution in [3.8, 4) is 5.75 Å². The second-order valence-electron chi connectivity index (χ2n) is 5.85. The van der Waals surface area contributed by atoms with Gasteiger partial charge in [-0.15, -0.1) is 0 Å². The summed E-state index contributed by atoms with van der Waals surface area (Å²) in [6.45, 7) is 4.47. The number of aliphatic hydroxyl groups is 2. The second kappa shape index (κ2) is 8.98. The molecule has 3 atom stereocenters. The fourth-order valence-electron chi connectivity index (χ4n) is 2.84. The Bertz CT molecular complexity index is 378. The Labute approximate surface area is 122 Å². The van der Waals surface area contributed by atoms with E-state index in [-0.39, 0.29) is 31.0 Å². The van der Waals surface area contributed by atoms with Crippen LogP contribution in [-0.4, -0.2) is 28.5 Å². The molecule has 3 nitrogen and oxygen atoms in total. The summed E-state index contributed by atoms with van der Waals surface area (Å²) in [6, 6.07) is 7.41. The Morgan fingerprint density at radius 2 is 1.75 bits per heavy atom. The maximum Gasteiger partial charge on any atom is 0.119 e. The van der Waals surface area contributed by atoms with Crippen molar-refractivity contribution in [3.05, 3.63) is 29.8 Å². The molecule has 0 aliphatic rings. The summed E-state index contributed by atoms with van der Waals surface area (Å²) in [5, 5.41) is 28.8. The van der Waals surface area contributed by atoms with Crippen LogP contribution in [0.4, 0.5) is 0 Å². The third kappa shape index (κ3) is 5.14. The number of hydrogen-bond acceptors (Lipinski definition) is 3. The standard InChI is InChI=1S/C17H28O3/c1-3-6-14(12-19)10-15(9-13(2)11-18)16-7-4-5-8-17(16)20/h4-5,7-8,13-15,18-20H,3,6,9-12H2,1-2H3. The number of benzene rings is 1. The first-order valence-electron chi connectivity index (χ1n) is 7.61.